The molecule has 0 fully saturated rings. The summed E-state index contributed by atoms with van der Waals surface area (Å²) in [6, 6.07) is 2.05. The van der Waals surface area contributed by atoms with Crippen molar-refractivity contribution in [2.45, 2.75) is 33.2 Å². The second-order valence-corrected chi connectivity index (χ2v) is 6.29. The third-order valence-electron chi connectivity index (χ3n) is 2.14. The number of thiophene rings is 1. The zero-order valence-electron chi connectivity index (χ0n) is 9.12. The highest BCUT2D eigenvalue weighted by molar-refractivity contribution is 7.89. The van der Waals surface area contributed by atoms with E-state index >= 15 is 0 Å². The second kappa shape index (κ2) is 5.63. The zero-order valence-corrected chi connectivity index (χ0v) is 10.7. The summed E-state index contributed by atoms with van der Waals surface area (Å²) in [6.45, 7) is 4.37. The van der Waals surface area contributed by atoms with Gasteiger partial charge in [-0.1, -0.05) is 13.8 Å². The van der Waals surface area contributed by atoms with Crippen LogP contribution in [-0.2, 0) is 23.0 Å². The molecule has 1 aromatic heterocycles. The molecule has 15 heavy (non-hydrogen) atoms. The lowest BCUT2D eigenvalue weighted by molar-refractivity contribution is 0.580. The zero-order chi connectivity index (χ0) is 11.3. The van der Waals surface area contributed by atoms with Crippen LogP contribution in [0.2, 0.25) is 0 Å². The number of hydrogen-bond donors (Lipinski definition) is 1. The minimum atomic E-state index is -3.08. The van der Waals surface area contributed by atoms with E-state index in [1.807, 2.05) is 18.4 Å². The van der Waals surface area contributed by atoms with Crippen molar-refractivity contribution in [3.05, 3.63) is 21.9 Å². The lowest BCUT2D eigenvalue weighted by Crippen LogP contribution is -2.25. The first-order valence-corrected chi connectivity index (χ1v) is 7.64. The van der Waals surface area contributed by atoms with E-state index in [0.717, 1.165) is 11.3 Å². The molecular weight excluding hydrogens is 230 g/mol. The molecule has 0 saturated carbocycles. The number of nitrogens with one attached hydrogen (secondary N) is 1. The van der Waals surface area contributed by atoms with Gasteiger partial charge < -0.3 is 0 Å². The Morgan fingerprint density at radius 3 is 2.73 bits per heavy atom. The van der Waals surface area contributed by atoms with Gasteiger partial charge in [0.1, 0.15) is 0 Å². The lowest BCUT2D eigenvalue weighted by atomic mass is 10.2. The van der Waals surface area contributed by atoms with E-state index in [1.54, 1.807) is 11.3 Å². The maximum absolute atomic E-state index is 11.4. The SMILES string of the molecule is CCCS(=O)(=O)NCc1sccc1CC. The van der Waals surface area contributed by atoms with E-state index < -0.39 is 10.0 Å². The first-order chi connectivity index (χ1) is 7.09. The molecule has 0 aliphatic rings. The Labute approximate surface area is 95.6 Å². The van der Waals surface area contributed by atoms with Crippen molar-refractivity contribution >= 4 is 21.4 Å². The van der Waals surface area contributed by atoms with Gasteiger partial charge in [-0.05, 0) is 29.9 Å². The van der Waals surface area contributed by atoms with Crippen molar-refractivity contribution < 1.29 is 8.42 Å². The van der Waals surface area contributed by atoms with Crippen LogP contribution in [0.25, 0.3) is 0 Å². The molecule has 0 saturated heterocycles. The predicted octanol–water partition coefficient (Wildman–Crippen LogP) is 2.14. The summed E-state index contributed by atoms with van der Waals surface area (Å²) in [6.07, 6.45) is 1.61. The van der Waals surface area contributed by atoms with Crippen LogP contribution in [0, 0.1) is 0 Å². The maximum Gasteiger partial charge on any atom is 0.211 e. The molecule has 1 rings (SSSR count). The van der Waals surface area contributed by atoms with Crippen molar-refractivity contribution in [3.8, 4) is 0 Å². The third-order valence-corrected chi connectivity index (χ3v) is 4.64. The number of hydrogen-bond acceptors (Lipinski definition) is 3. The Bertz CT molecular complexity index is 395. The molecule has 5 heteroatoms. The van der Waals surface area contributed by atoms with Gasteiger partial charge in [0.15, 0.2) is 0 Å². The van der Waals surface area contributed by atoms with E-state index in [-0.39, 0.29) is 5.75 Å². The topological polar surface area (TPSA) is 46.2 Å². The standard InChI is InChI=1S/C10H17NO2S2/c1-3-7-15(12,13)11-8-10-9(4-2)5-6-14-10/h5-6,11H,3-4,7-8H2,1-2H3. The molecule has 0 aliphatic heterocycles. The molecular formula is C10H17NO2S2. The molecule has 0 aromatic carbocycles. The van der Waals surface area contributed by atoms with Crippen LogP contribution >= 0.6 is 11.3 Å². The molecule has 0 aliphatic carbocycles. The van der Waals surface area contributed by atoms with Gasteiger partial charge in [-0.2, -0.15) is 0 Å². The van der Waals surface area contributed by atoms with Crippen molar-refractivity contribution in [2.24, 2.45) is 0 Å². The fraction of sp³-hybridized carbons (Fsp3) is 0.600. The highest BCUT2D eigenvalue weighted by Gasteiger charge is 2.10. The Balaban J connectivity index is 2.57. The largest absolute Gasteiger partial charge is 0.212 e. The van der Waals surface area contributed by atoms with Crippen LogP contribution in [-0.4, -0.2) is 14.2 Å². The van der Waals surface area contributed by atoms with Crippen LogP contribution < -0.4 is 4.72 Å². The van der Waals surface area contributed by atoms with Gasteiger partial charge in [0.25, 0.3) is 0 Å². The minimum absolute atomic E-state index is 0.208. The Morgan fingerprint density at radius 1 is 1.40 bits per heavy atom. The molecule has 1 aromatic rings. The maximum atomic E-state index is 11.4. The van der Waals surface area contributed by atoms with Crippen LogP contribution in [0.1, 0.15) is 30.7 Å². The summed E-state index contributed by atoms with van der Waals surface area (Å²) >= 11 is 1.61. The van der Waals surface area contributed by atoms with Gasteiger partial charge in [0, 0.05) is 11.4 Å². The molecule has 3 nitrogen and oxygen atoms in total. The van der Waals surface area contributed by atoms with E-state index in [1.165, 1.54) is 5.56 Å². The fourth-order valence-electron chi connectivity index (χ4n) is 1.35. The summed E-state index contributed by atoms with van der Waals surface area (Å²) < 4.78 is 25.5. The van der Waals surface area contributed by atoms with Crippen molar-refractivity contribution in [3.63, 3.8) is 0 Å². The monoisotopic (exact) mass is 247 g/mol. The molecule has 0 unspecified atom stereocenters. The van der Waals surface area contributed by atoms with Crippen LogP contribution in [0.4, 0.5) is 0 Å². The highest BCUT2D eigenvalue weighted by Crippen LogP contribution is 2.17. The molecule has 86 valence electrons. The van der Waals surface area contributed by atoms with E-state index in [9.17, 15) is 8.42 Å². The van der Waals surface area contributed by atoms with Gasteiger partial charge in [-0.3, -0.25) is 0 Å². The second-order valence-electron chi connectivity index (χ2n) is 3.36. The number of sulfonamides is 1. The van der Waals surface area contributed by atoms with Crippen LogP contribution in [0.15, 0.2) is 11.4 Å². The Morgan fingerprint density at radius 2 is 2.13 bits per heavy atom. The van der Waals surface area contributed by atoms with Crippen molar-refractivity contribution in [2.75, 3.05) is 5.75 Å². The average molecular weight is 247 g/mol. The summed E-state index contributed by atoms with van der Waals surface area (Å²) in [7, 11) is -3.08. The first kappa shape index (κ1) is 12.7. The highest BCUT2D eigenvalue weighted by atomic mass is 32.2. The third kappa shape index (κ3) is 3.93. The number of aryl methyl sites for hydroxylation is 1. The minimum Gasteiger partial charge on any atom is -0.212 e. The Kier molecular flexibility index (Phi) is 4.76. The van der Waals surface area contributed by atoms with Crippen molar-refractivity contribution in [1.29, 1.82) is 0 Å². The fourth-order valence-corrected chi connectivity index (χ4v) is 3.41. The number of rotatable bonds is 6. The summed E-state index contributed by atoms with van der Waals surface area (Å²) in [5, 5.41) is 2.00. The van der Waals surface area contributed by atoms with Crippen LogP contribution in [0.3, 0.4) is 0 Å². The van der Waals surface area contributed by atoms with Crippen LogP contribution in [0.5, 0.6) is 0 Å². The van der Waals surface area contributed by atoms with Gasteiger partial charge in [-0.15, -0.1) is 11.3 Å². The van der Waals surface area contributed by atoms with E-state index in [2.05, 4.69) is 11.6 Å². The molecule has 1 heterocycles. The predicted molar refractivity (Wildman–Crippen MR) is 64.6 cm³/mol. The normalized spacial score (nSPS) is 11.9. The molecule has 1 N–H and O–H groups in total. The van der Waals surface area contributed by atoms with Gasteiger partial charge >= 0.3 is 0 Å². The molecule has 0 atom stereocenters. The van der Waals surface area contributed by atoms with E-state index in [4.69, 9.17) is 0 Å². The smallest absolute Gasteiger partial charge is 0.211 e. The van der Waals surface area contributed by atoms with Crippen molar-refractivity contribution in [1.82, 2.24) is 4.72 Å². The summed E-state index contributed by atoms with van der Waals surface area (Å²) in [4.78, 5) is 1.12. The molecule has 0 radical (unpaired) electrons. The quantitative estimate of drug-likeness (QED) is 0.837. The molecule has 0 bridgehead atoms. The summed E-state index contributed by atoms with van der Waals surface area (Å²) in [5.41, 5.74) is 1.24. The average Bonchev–Trinajstić information content (AvgIpc) is 2.62. The van der Waals surface area contributed by atoms with Gasteiger partial charge in [-0.25, -0.2) is 13.1 Å². The molecule has 0 amide bonds. The molecule has 0 spiro atoms. The Hall–Kier alpha value is -0.390. The summed E-state index contributed by atoms with van der Waals surface area (Å²) in [5.74, 6) is 0.208. The van der Waals surface area contributed by atoms with E-state index in [0.29, 0.717) is 13.0 Å². The van der Waals surface area contributed by atoms with Gasteiger partial charge in [0.05, 0.1) is 5.75 Å². The lowest BCUT2D eigenvalue weighted by Gasteiger charge is -2.05. The van der Waals surface area contributed by atoms with Gasteiger partial charge in [0.2, 0.25) is 10.0 Å². The first-order valence-electron chi connectivity index (χ1n) is 5.11.